The lowest BCUT2D eigenvalue weighted by Gasteiger charge is -2.08. The normalized spacial score (nSPS) is 11.2. The number of nitrogens with zero attached hydrogens (tertiary/aromatic N) is 3. The fourth-order valence-corrected chi connectivity index (χ4v) is 2.92. The highest BCUT2D eigenvalue weighted by Gasteiger charge is 2.20. The van der Waals surface area contributed by atoms with Gasteiger partial charge in [0.05, 0.1) is 10.8 Å². The molecule has 0 bridgehead atoms. The Morgan fingerprint density at radius 2 is 1.19 bits per heavy atom. The van der Waals surface area contributed by atoms with Crippen LogP contribution in [0.3, 0.4) is 0 Å². The number of para-hydroxylation sites is 1. The standard InChI is InChI=1S/C16H17N3O2/c1-10-13-14(16(21)18(4)17(3)15(13)20)11(2)19(10)12-8-6-5-7-9-12/h5-9H,1-4H3. The lowest BCUT2D eigenvalue weighted by Crippen LogP contribution is -2.35. The Kier molecular flexibility index (Phi) is 2.86. The topological polar surface area (TPSA) is 48.9 Å². The first-order valence-corrected chi connectivity index (χ1v) is 6.78. The van der Waals surface area contributed by atoms with E-state index in [4.69, 9.17) is 0 Å². The van der Waals surface area contributed by atoms with Crippen LogP contribution in [-0.4, -0.2) is 13.9 Å². The third-order valence-corrected chi connectivity index (χ3v) is 4.12. The Bertz CT molecular complexity index is 900. The summed E-state index contributed by atoms with van der Waals surface area (Å²) in [5.41, 5.74) is 2.25. The van der Waals surface area contributed by atoms with Gasteiger partial charge in [0, 0.05) is 31.2 Å². The highest BCUT2D eigenvalue weighted by Crippen LogP contribution is 2.23. The second kappa shape index (κ2) is 4.48. The van der Waals surface area contributed by atoms with Gasteiger partial charge >= 0.3 is 0 Å². The van der Waals surface area contributed by atoms with Crippen LogP contribution in [0.2, 0.25) is 0 Å². The quantitative estimate of drug-likeness (QED) is 0.682. The number of hydrogen-bond acceptors (Lipinski definition) is 2. The van der Waals surface area contributed by atoms with E-state index in [9.17, 15) is 9.59 Å². The smallest absolute Gasteiger partial charge is 0.274 e. The molecular weight excluding hydrogens is 266 g/mol. The maximum absolute atomic E-state index is 12.5. The fraction of sp³-hybridized carbons (Fsp3) is 0.250. The van der Waals surface area contributed by atoms with Crippen LogP contribution >= 0.6 is 0 Å². The van der Waals surface area contributed by atoms with Gasteiger partial charge < -0.3 is 4.57 Å². The zero-order chi connectivity index (χ0) is 15.3. The zero-order valence-corrected chi connectivity index (χ0v) is 12.5. The Hall–Kier alpha value is -2.56. The van der Waals surface area contributed by atoms with Crippen LogP contribution in [0.5, 0.6) is 0 Å². The summed E-state index contributed by atoms with van der Waals surface area (Å²) >= 11 is 0. The molecule has 0 radical (unpaired) electrons. The Balaban J connectivity index is 2.58. The van der Waals surface area contributed by atoms with Crippen LogP contribution in [0, 0.1) is 13.8 Å². The molecule has 0 amide bonds. The Labute approximate surface area is 121 Å². The van der Waals surface area contributed by atoms with Gasteiger partial charge in [-0.1, -0.05) is 18.2 Å². The predicted molar refractivity (Wildman–Crippen MR) is 83.2 cm³/mol. The predicted octanol–water partition coefficient (Wildman–Crippen LogP) is 1.64. The number of rotatable bonds is 1. The monoisotopic (exact) mass is 283 g/mol. The molecule has 0 fully saturated rings. The van der Waals surface area contributed by atoms with E-state index in [1.807, 2.05) is 48.7 Å². The zero-order valence-electron chi connectivity index (χ0n) is 12.5. The molecule has 5 nitrogen and oxygen atoms in total. The highest BCUT2D eigenvalue weighted by molar-refractivity contribution is 5.87. The minimum Gasteiger partial charge on any atom is -0.317 e. The van der Waals surface area contributed by atoms with Gasteiger partial charge in [-0.25, -0.2) is 0 Å². The van der Waals surface area contributed by atoms with Gasteiger partial charge in [0.2, 0.25) is 0 Å². The second-order valence-corrected chi connectivity index (χ2v) is 5.25. The number of hydrogen-bond donors (Lipinski definition) is 0. The van der Waals surface area contributed by atoms with Crippen molar-refractivity contribution in [1.29, 1.82) is 0 Å². The molecule has 0 saturated heterocycles. The minimum atomic E-state index is -0.151. The molecule has 2 aromatic heterocycles. The van der Waals surface area contributed by atoms with E-state index in [1.54, 1.807) is 14.1 Å². The molecule has 0 saturated carbocycles. The minimum absolute atomic E-state index is 0.151. The van der Waals surface area contributed by atoms with Gasteiger partial charge in [-0.15, -0.1) is 0 Å². The molecule has 3 rings (SSSR count). The third kappa shape index (κ3) is 1.70. The van der Waals surface area contributed by atoms with Crippen LogP contribution in [0.15, 0.2) is 39.9 Å². The van der Waals surface area contributed by atoms with Crippen LogP contribution in [0.4, 0.5) is 0 Å². The van der Waals surface area contributed by atoms with Gasteiger partial charge in [-0.3, -0.25) is 19.0 Å². The summed E-state index contributed by atoms with van der Waals surface area (Å²) in [5.74, 6) is 0. The first kappa shape index (κ1) is 13.4. The summed E-state index contributed by atoms with van der Waals surface area (Å²) in [7, 11) is 3.22. The van der Waals surface area contributed by atoms with Crippen molar-refractivity contribution in [2.45, 2.75) is 13.8 Å². The van der Waals surface area contributed by atoms with Crippen LogP contribution in [0.25, 0.3) is 16.5 Å². The van der Waals surface area contributed by atoms with E-state index in [0.29, 0.717) is 10.8 Å². The molecule has 1 aromatic carbocycles. The summed E-state index contributed by atoms with van der Waals surface area (Å²) in [6.07, 6.45) is 0. The lowest BCUT2D eigenvalue weighted by atomic mass is 10.2. The number of aryl methyl sites for hydroxylation is 2. The highest BCUT2D eigenvalue weighted by atomic mass is 16.2. The molecule has 0 N–H and O–H groups in total. The molecule has 0 spiro atoms. The summed E-state index contributed by atoms with van der Waals surface area (Å²) in [6, 6.07) is 9.75. The van der Waals surface area contributed by atoms with Crippen molar-refractivity contribution in [3.63, 3.8) is 0 Å². The van der Waals surface area contributed by atoms with Gasteiger partial charge in [-0.05, 0) is 26.0 Å². The molecule has 21 heavy (non-hydrogen) atoms. The van der Waals surface area contributed by atoms with Gasteiger partial charge in [-0.2, -0.15) is 0 Å². The van der Waals surface area contributed by atoms with Crippen molar-refractivity contribution in [1.82, 2.24) is 13.9 Å². The van der Waals surface area contributed by atoms with Crippen molar-refractivity contribution in [3.05, 3.63) is 62.4 Å². The van der Waals surface area contributed by atoms with E-state index in [2.05, 4.69) is 0 Å². The SMILES string of the molecule is Cc1c2c(=O)n(C)n(C)c(=O)c2c(C)n1-c1ccccc1. The summed E-state index contributed by atoms with van der Waals surface area (Å²) < 4.78 is 4.67. The third-order valence-electron chi connectivity index (χ3n) is 4.12. The molecular formula is C16H17N3O2. The first-order valence-electron chi connectivity index (χ1n) is 6.78. The van der Waals surface area contributed by atoms with Crippen LogP contribution in [-0.2, 0) is 14.1 Å². The van der Waals surface area contributed by atoms with Crippen molar-refractivity contribution < 1.29 is 0 Å². The molecule has 0 aliphatic rings. The number of fused-ring (bicyclic) bond motifs is 1. The van der Waals surface area contributed by atoms with E-state index >= 15 is 0 Å². The lowest BCUT2D eigenvalue weighted by molar-refractivity contribution is 0.543. The molecule has 0 aliphatic carbocycles. The first-order chi connectivity index (χ1) is 9.95. The van der Waals surface area contributed by atoms with Crippen molar-refractivity contribution in [2.24, 2.45) is 14.1 Å². The second-order valence-electron chi connectivity index (χ2n) is 5.25. The van der Waals surface area contributed by atoms with E-state index in [1.165, 1.54) is 9.36 Å². The van der Waals surface area contributed by atoms with E-state index in [0.717, 1.165) is 17.1 Å². The molecule has 3 aromatic rings. The molecule has 0 atom stereocenters. The summed E-state index contributed by atoms with van der Waals surface area (Å²) in [5, 5.41) is 1.00. The van der Waals surface area contributed by atoms with Crippen LogP contribution in [0.1, 0.15) is 11.4 Å². The molecule has 0 aliphatic heterocycles. The molecule has 5 heteroatoms. The van der Waals surface area contributed by atoms with Crippen molar-refractivity contribution >= 4 is 10.8 Å². The average molecular weight is 283 g/mol. The average Bonchev–Trinajstić information content (AvgIpc) is 2.75. The maximum Gasteiger partial charge on any atom is 0.274 e. The largest absolute Gasteiger partial charge is 0.317 e. The molecule has 0 unspecified atom stereocenters. The van der Waals surface area contributed by atoms with Gasteiger partial charge in [0.15, 0.2) is 0 Å². The molecule has 108 valence electrons. The van der Waals surface area contributed by atoms with Gasteiger partial charge in [0.25, 0.3) is 11.1 Å². The number of aromatic nitrogens is 3. The molecule has 2 heterocycles. The maximum atomic E-state index is 12.5. The van der Waals surface area contributed by atoms with Crippen molar-refractivity contribution in [2.75, 3.05) is 0 Å². The van der Waals surface area contributed by atoms with Gasteiger partial charge in [0.1, 0.15) is 0 Å². The van der Waals surface area contributed by atoms with Crippen LogP contribution < -0.4 is 11.1 Å². The van der Waals surface area contributed by atoms with Crippen molar-refractivity contribution in [3.8, 4) is 5.69 Å². The summed E-state index contributed by atoms with van der Waals surface area (Å²) in [4.78, 5) is 25.0. The van der Waals surface area contributed by atoms with E-state index in [-0.39, 0.29) is 11.1 Å². The summed E-state index contributed by atoms with van der Waals surface area (Å²) in [6.45, 7) is 3.76. The fourth-order valence-electron chi connectivity index (χ4n) is 2.92. The Morgan fingerprint density at radius 3 is 1.62 bits per heavy atom. The number of benzene rings is 1. The Morgan fingerprint density at radius 1 is 0.762 bits per heavy atom. The van der Waals surface area contributed by atoms with E-state index < -0.39 is 0 Å².